The predicted octanol–water partition coefficient (Wildman–Crippen LogP) is 6.21. The molecule has 1 saturated heterocycles. The normalized spacial score (nSPS) is 22.5. The number of carbonyl (C=O) groups is 1. The topological polar surface area (TPSA) is 61.6 Å². The quantitative estimate of drug-likeness (QED) is 0.302. The molecule has 1 aliphatic heterocycles. The van der Waals surface area contributed by atoms with Crippen molar-refractivity contribution in [1.82, 2.24) is 19.6 Å². The first-order valence-corrected chi connectivity index (χ1v) is 15.4. The number of aliphatic carboxylic acids is 1. The molecule has 2 aliphatic rings. The van der Waals surface area contributed by atoms with Gasteiger partial charge in [-0.15, -0.1) is 0 Å². The largest absolute Gasteiger partial charge is 0.480 e. The van der Waals surface area contributed by atoms with E-state index in [4.69, 9.17) is 0 Å². The SMILES string of the molecule is CC(C)[C@H](C(=O)O)N(C)C1CC(CN2CCC(c3cc(Cc4ccc(F)c(F)c4)nn3C)CC2)C(c2cccc(F)c2)C1. The van der Waals surface area contributed by atoms with E-state index in [9.17, 15) is 23.1 Å². The minimum Gasteiger partial charge on any atom is -0.480 e. The molecule has 3 unspecified atom stereocenters. The van der Waals surface area contributed by atoms with Crippen molar-refractivity contribution >= 4 is 5.97 Å². The molecule has 9 heteroatoms. The highest BCUT2D eigenvalue weighted by Crippen LogP contribution is 2.43. The van der Waals surface area contributed by atoms with Crippen molar-refractivity contribution in [3.05, 3.63) is 88.5 Å². The van der Waals surface area contributed by atoms with Crippen LogP contribution in [0.4, 0.5) is 13.2 Å². The van der Waals surface area contributed by atoms with E-state index >= 15 is 0 Å². The van der Waals surface area contributed by atoms with Gasteiger partial charge in [0, 0.05) is 37.7 Å². The average Bonchev–Trinajstić information content (AvgIpc) is 3.54. The van der Waals surface area contributed by atoms with Crippen LogP contribution >= 0.6 is 0 Å². The third-order valence-corrected chi connectivity index (χ3v) is 9.68. The van der Waals surface area contributed by atoms with Gasteiger partial charge in [-0.2, -0.15) is 5.10 Å². The fraction of sp³-hybridized carbons (Fsp3) is 0.529. The third kappa shape index (κ3) is 7.15. The number of likely N-dealkylation sites (N-methyl/N-ethyl adjacent to an activating group) is 1. The number of nitrogens with zero attached hydrogens (tertiary/aromatic N) is 4. The maximum atomic E-state index is 14.3. The Balaban J connectivity index is 1.24. The second-order valence-electron chi connectivity index (χ2n) is 12.9. The third-order valence-electron chi connectivity index (χ3n) is 9.68. The van der Waals surface area contributed by atoms with Gasteiger partial charge in [-0.1, -0.05) is 32.0 Å². The first-order valence-electron chi connectivity index (χ1n) is 15.4. The van der Waals surface area contributed by atoms with Crippen LogP contribution in [0.15, 0.2) is 48.5 Å². The zero-order valence-electron chi connectivity index (χ0n) is 25.5. The van der Waals surface area contributed by atoms with Gasteiger partial charge in [-0.05, 0) is 105 Å². The molecule has 1 aromatic heterocycles. The molecular formula is C34H43F3N4O2. The average molecular weight is 597 g/mol. The molecule has 0 radical (unpaired) electrons. The lowest BCUT2D eigenvalue weighted by Gasteiger charge is -2.35. The molecule has 0 bridgehead atoms. The molecule has 2 fully saturated rings. The second kappa shape index (κ2) is 13.2. The Hall–Kier alpha value is -3.17. The van der Waals surface area contributed by atoms with Crippen molar-refractivity contribution in [2.24, 2.45) is 18.9 Å². The fourth-order valence-electron chi connectivity index (χ4n) is 7.55. The second-order valence-corrected chi connectivity index (χ2v) is 12.9. The summed E-state index contributed by atoms with van der Waals surface area (Å²) in [5, 5.41) is 14.6. The van der Waals surface area contributed by atoms with Crippen molar-refractivity contribution in [3.8, 4) is 0 Å². The van der Waals surface area contributed by atoms with Crippen LogP contribution < -0.4 is 0 Å². The Morgan fingerprint density at radius 3 is 2.44 bits per heavy atom. The summed E-state index contributed by atoms with van der Waals surface area (Å²) in [5.41, 5.74) is 3.68. The van der Waals surface area contributed by atoms with Crippen molar-refractivity contribution in [1.29, 1.82) is 0 Å². The smallest absolute Gasteiger partial charge is 0.321 e. The van der Waals surface area contributed by atoms with Crippen LogP contribution in [0, 0.1) is 29.3 Å². The van der Waals surface area contributed by atoms with E-state index in [-0.39, 0.29) is 23.7 Å². The minimum absolute atomic E-state index is 0.0161. The molecule has 4 atom stereocenters. The van der Waals surface area contributed by atoms with Crippen molar-refractivity contribution < 1.29 is 23.1 Å². The zero-order chi connectivity index (χ0) is 30.8. The number of aryl methyl sites for hydroxylation is 1. The summed E-state index contributed by atoms with van der Waals surface area (Å²) in [6.45, 7) is 6.66. The summed E-state index contributed by atoms with van der Waals surface area (Å²) in [4.78, 5) is 16.6. The predicted molar refractivity (Wildman–Crippen MR) is 160 cm³/mol. The first-order chi connectivity index (χ1) is 20.5. The number of likely N-dealkylation sites (tertiary alicyclic amines) is 1. The molecule has 43 heavy (non-hydrogen) atoms. The summed E-state index contributed by atoms with van der Waals surface area (Å²) in [6, 6.07) is 12.5. The van der Waals surface area contributed by atoms with Gasteiger partial charge in [0.2, 0.25) is 0 Å². The van der Waals surface area contributed by atoms with Crippen LogP contribution in [0.1, 0.15) is 73.9 Å². The Morgan fingerprint density at radius 1 is 1.05 bits per heavy atom. The van der Waals surface area contributed by atoms with E-state index in [2.05, 4.69) is 16.1 Å². The molecule has 2 heterocycles. The summed E-state index contributed by atoms with van der Waals surface area (Å²) in [6.07, 6.45) is 4.11. The molecule has 6 nitrogen and oxygen atoms in total. The molecule has 0 amide bonds. The maximum absolute atomic E-state index is 14.3. The van der Waals surface area contributed by atoms with Gasteiger partial charge < -0.3 is 10.0 Å². The van der Waals surface area contributed by atoms with Gasteiger partial charge in [0.15, 0.2) is 11.6 Å². The van der Waals surface area contributed by atoms with Gasteiger partial charge >= 0.3 is 5.97 Å². The molecule has 1 saturated carbocycles. The van der Waals surface area contributed by atoms with Crippen LogP contribution in [-0.4, -0.2) is 69.4 Å². The van der Waals surface area contributed by atoms with E-state index in [1.165, 1.54) is 12.1 Å². The van der Waals surface area contributed by atoms with E-state index in [1.54, 1.807) is 18.2 Å². The Morgan fingerprint density at radius 2 is 1.79 bits per heavy atom. The van der Waals surface area contributed by atoms with Crippen molar-refractivity contribution in [3.63, 3.8) is 0 Å². The van der Waals surface area contributed by atoms with Crippen molar-refractivity contribution in [2.45, 2.75) is 69.9 Å². The number of aromatic nitrogens is 2. The van der Waals surface area contributed by atoms with Crippen LogP contribution in [0.25, 0.3) is 0 Å². The molecule has 3 aromatic rings. The fourth-order valence-corrected chi connectivity index (χ4v) is 7.55. The number of halogens is 3. The monoisotopic (exact) mass is 596 g/mol. The van der Waals surface area contributed by atoms with E-state index < -0.39 is 23.6 Å². The van der Waals surface area contributed by atoms with Gasteiger partial charge in [-0.25, -0.2) is 13.2 Å². The van der Waals surface area contributed by atoms with E-state index in [1.807, 2.05) is 43.6 Å². The lowest BCUT2D eigenvalue weighted by atomic mass is 9.87. The van der Waals surface area contributed by atoms with E-state index in [0.717, 1.165) is 68.3 Å². The van der Waals surface area contributed by atoms with Gasteiger partial charge in [0.05, 0.1) is 5.69 Å². The zero-order valence-corrected chi connectivity index (χ0v) is 25.5. The molecule has 1 N–H and O–H groups in total. The Bertz CT molecular complexity index is 1420. The number of rotatable bonds is 10. The van der Waals surface area contributed by atoms with Crippen LogP contribution in [0.2, 0.25) is 0 Å². The molecule has 2 aromatic carbocycles. The summed E-state index contributed by atoms with van der Waals surface area (Å²) < 4.78 is 43.2. The summed E-state index contributed by atoms with van der Waals surface area (Å²) in [7, 11) is 3.87. The molecular weight excluding hydrogens is 553 g/mol. The van der Waals surface area contributed by atoms with Crippen LogP contribution in [0.3, 0.4) is 0 Å². The number of carboxylic acids is 1. The highest BCUT2D eigenvalue weighted by Gasteiger charge is 2.42. The van der Waals surface area contributed by atoms with Gasteiger partial charge in [0.25, 0.3) is 0 Å². The Labute approximate surface area is 252 Å². The van der Waals surface area contributed by atoms with Crippen molar-refractivity contribution in [2.75, 3.05) is 26.7 Å². The number of hydrogen-bond acceptors (Lipinski definition) is 4. The lowest BCUT2D eigenvalue weighted by Crippen LogP contribution is -2.47. The maximum Gasteiger partial charge on any atom is 0.321 e. The molecule has 232 valence electrons. The van der Waals surface area contributed by atoms with Crippen LogP contribution in [0.5, 0.6) is 0 Å². The molecule has 5 rings (SSSR count). The highest BCUT2D eigenvalue weighted by molar-refractivity contribution is 5.73. The van der Waals surface area contributed by atoms with Gasteiger partial charge in [-0.3, -0.25) is 14.4 Å². The minimum atomic E-state index is -0.848. The van der Waals surface area contributed by atoms with Crippen LogP contribution in [-0.2, 0) is 18.3 Å². The Kier molecular flexibility index (Phi) is 9.61. The summed E-state index contributed by atoms with van der Waals surface area (Å²) >= 11 is 0. The standard InChI is InChI=1S/C34H43F3N4O2/c1-21(2)33(34(42)43)39(3)28-17-25(29(19-28)24-6-5-7-26(35)16-24)20-41-12-10-23(11-13-41)32-18-27(38-40(32)4)14-22-8-9-30(36)31(37)15-22/h5-9,15-16,18,21,23,25,28-29,33H,10-14,17,19-20H2,1-4H3,(H,42,43)/t25?,28?,29?,33-/m1/s1. The summed E-state index contributed by atoms with van der Waals surface area (Å²) in [5.74, 6) is -1.92. The first kappa shape index (κ1) is 31.3. The lowest BCUT2D eigenvalue weighted by molar-refractivity contribution is -0.145. The van der Waals surface area contributed by atoms with Gasteiger partial charge in [0.1, 0.15) is 11.9 Å². The van der Waals surface area contributed by atoms with E-state index in [0.29, 0.717) is 23.8 Å². The number of benzene rings is 2. The number of piperidine rings is 1. The highest BCUT2D eigenvalue weighted by atomic mass is 19.2. The number of carboxylic acid groups (broad SMARTS) is 1. The number of hydrogen-bond donors (Lipinski definition) is 1. The molecule has 0 spiro atoms. The molecule has 1 aliphatic carbocycles.